The van der Waals surface area contributed by atoms with Gasteiger partial charge in [-0.15, -0.1) is 35.9 Å². The van der Waals surface area contributed by atoms with E-state index in [1.165, 1.54) is 42.0 Å². The van der Waals surface area contributed by atoms with Crippen molar-refractivity contribution in [2.45, 2.75) is 111 Å². The molecule has 4 heteroatoms. The zero-order valence-corrected chi connectivity index (χ0v) is 27.6. The summed E-state index contributed by atoms with van der Waals surface area (Å²) in [5.74, 6) is 0.606. The molecule has 221 valence electrons. The number of aromatic nitrogens is 1. The molecule has 1 aromatic heterocycles. The van der Waals surface area contributed by atoms with Gasteiger partial charge in [-0.1, -0.05) is 64.8 Å². The predicted octanol–water partition coefficient (Wildman–Crippen LogP) is 8.93. The van der Waals surface area contributed by atoms with Crippen molar-refractivity contribution in [2.75, 3.05) is 0 Å². The minimum atomic E-state index is -0.333. The molecule has 2 unspecified atom stereocenters. The van der Waals surface area contributed by atoms with Gasteiger partial charge in [-0.2, -0.15) is 0 Å². The molecule has 5 rings (SSSR count). The van der Waals surface area contributed by atoms with Crippen molar-refractivity contribution in [3.8, 4) is 11.3 Å². The van der Waals surface area contributed by atoms with Crippen LogP contribution in [0, 0.1) is 35.7 Å². The second kappa shape index (κ2) is 14.5. The number of hydrogen-bond acceptors (Lipinski definition) is 3. The molecule has 2 aliphatic rings. The first-order valence-corrected chi connectivity index (χ1v) is 15.5. The smallest absolute Gasteiger partial charge is 0.0651 e. The third-order valence-corrected chi connectivity index (χ3v) is 10.8. The van der Waals surface area contributed by atoms with E-state index in [4.69, 9.17) is 0 Å². The van der Waals surface area contributed by atoms with Crippen molar-refractivity contribution in [3.63, 3.8) is 0 Å². The van der Waals surface area contributed by atoms with Crippen LogP contribution < -0.4 is 0 Å². The number of rotatable bonds is 5. The zero-order valence-electron chi connectivity index (χ0n) is 25.3. The monoisotopic (exact) mass is 721 g/mol. The van der Waals surface area contributed by atoms with Gasteiger partial charge < -0.3 is 15.2 Å². The van der Waals surface area contributed by atoms with Gasteiger partial charge in [0.15, 0.2) is 0 Å². The van der Waals surface area contributed by atoms with Crippen LogP contribution in [0.25, 0.3) is 22.0 Å². The fraction of sp³-hybridized carbons (Fsp3) is 0.583. The van der Waals surface area contributed by atoms with E-state index in [-0.39, 0.29) is 49.1 Å². The van der Waals surface area contributed by atoms with Gasteiger partial charge in [0.1, 0.15) is 0 Å². The Kier molecular flexibility index (Phi) is 12.0. The third kappa shape index (κ3) is 6.57. The maximum absolute atomic E-state index is 11.4. The van der Waals surface area contributed by atoms with E-state index >= 15 is 0 Å². The standard InChI is InChI=1S/C20H38O2.C16H12N.Ir/c1-5-19(6-2)13-9-11-15-12-10-14-20(7-3,8-4)18(22)16(15)17(19)21;1-12-6-5-9-14-10-16(17-11-15(12)14)13-7-3-2-4-8-13;/h15-18,21-22H,5-14H2,1-4H3;2-7,9-11H,1H3;/q;-1;. The van der Waals surface area contributed by atoms with Crippen LogP contribution in [-0.4, -0.2) is 27.4 Å². The molecule has 0 aliphatic heterocycles. The zero-order chi connectivity index (χ0) is 28.0. The molecule has 0 spiro atoms. The molecule has 0 amide bonds. The SMILES string of the molecule is CCC1(CC)CCCC2CCCC(CC)(CC)C(O)C2C1O.Cc1cccc2cc(-c3[c-]cccc3)ncc12.[Ir]. The Balaban J connectivity index is 0.000000221. The Bertz CT molecular complexity index is 1160. The van der Waals surface area contributed by atoms with Gasteiger partial charge in [0.25, 0.3) is 0 Å². The molecule has 2 fully saturated rings. The van der Waals surface area contributed by atoms with Gasteiger partial charge in [-0.3, -0.25) is 0 Å². The molecule has 3 aromatic rings. The van der Waals surface area contributed by atoms with E-state index in [2.05, 4.69) is 69.9 Å². The maximum atomic E-state index is 11.4. The van der Waals surface area contributed by atoms with Crippen molar-refractivity contribution in [1.29, 1.82) is 0 Å². The summed E-state index contributed by atoms with van der Waals surface area (Å²) < 4.78 is 0. The minimum Gasteiger partial charge on any atom is -0.392 e. The first-order valence-electron chi connectivity index (χ1n) is 15.5. The Morgan fingerprint density at radius 2 is 1.45 bits per heavy atom. The normalized spacial score (nSPS) is 25.4. The summed E-state index contributed by atoms with van der Waals surface area (Å²) in [7, 11) is 0. The fourth-order valence-electron chi connectivity index (χ4n) is 7.83. The van der Waals surface area contributed by atoms with E-state index in [1.807, 2.05) is 30.5 Å². The quantitative estimate of drug-likeness (QED) is 0.259. The maximum Gasteiger partial charge on any atom is 0.0651 e. The van der Waals surface area contributed by atoms with E-state index in [0.29, 0.717) is 5.92 Å². The van der Waals surface area contributed by atoms with Crippen LogP contribution in [0.15, 0.2) is 54.7 Å². The van der Waals surface area contributed by atoms with Gasteiger partial charge in [0, 0.05) is 37.6 Å². The Hall–Kier alpha value is -1.58. The van der Waals surface area contributed by atoms with Crippen LogP contribution in [-0.2, 0) is 20.1 Å². The Morgan fingerprint density at radius 3 is 1.98 bits per heavy atom. The van der Waals surface area contributed by atoms with Crippen LogP contribution in [0.4, 0.5) is 0 Å². The number of fused-ring (bicyclic) bond motifs is 2. The summed E-state index contributed by atoms with van der Waals surface area (Å²) in [5.41, 5.74) is 3.33. The van der Waals surface area contributed by atoms with E-state index < -0.39 is 0 Å². The molecule has 0 bridgehead atoms. The van der Waals surface area contributed by atoms with Crippen LogP contribution in [0.2, 0.25) is 0 Å². The fourth-order valence-corrected chi connectivity index (χ4v) is 7.83. The van der Waals surface area contributed by atoms with Crippen LogP contribution >= 0.6 is 0 Å². The topological polar surface area (TPSA) is 53.4 Å². The number of aliphatic hydroxyl groups is 2. The van der Waals surface area contributed by atoms with Crippen molar-refractivity contribution >= 4 is 10.8 Å². The predicted molar refractivity (Wildman–Crippen MR) is 163 cm³/mol. The summed E-state index contributed by atoms with van der Waals surface area (Å²) in [5, 5.41) is 25.2. The van der Waals surface area contributed by atoms with E-state index in [0.717, 1.165) is 49.8 Å². The van der Waals surface area contributed by atoms with Gasteiger partial charge in [0.05, 0.1) is 12.2 Å². The first kappa shape index (κ1) is 32.9. The molecular weight excluding hydrogens is 671 g/mol. The van der Waals surface area contributed by atoms with Gasteiger partial charge >= 0.3 is 0 Å². The number of aryl methyl sites for hydroxylation is 1. The Morgan fingerprint density at radius 1 is 0.850 bits per heavy atom. The molecule has 2 N–H and O–H groups in total. The third-order valence-electron chi connectivity index (χ3n) is 10.8. The second-order valence-corrected chi connectivity index (χ2v) is 12.3. The van der Waals surface area contributed by atoms with Crippen LogP contribution in [0.3, 0.4) is 0 Å². The molecule has 3 nitrogen and oxygen atoms in total. The molecule has 2 saturated carbocycles. The minimum absolute atomic E-state index is 0. The van der Waals surface area contributed by atoms with Crippen molar-refractivity contribution in [3.05, 3.63) is 66.4 Å². The van der Waals surface area contributed by atoms with Crippen molar-refractivity contribution in [1.82, 2.24) is 4.98 Å². The molecule has 1 radical (unpaired) electrons. The molecule has 1 heterocycles. The molecule has 2 aliphatic carbocycles. The number of benzene rings is 2. The summed E-state index contributed by atoms with van der Waals surface area (Å²) in [6.45, 7) is 11.0. The average molecular weight is 721 g/mol. The Labute approximate surface area is 256 Å². The number of aliphatic hydroxyl groups excluding tert-OH is 2. The summed E-state index contributed by atoms with van der Waals surface area (Å²) in [6, 6.07) is 19.6. The second-order valence-electron chi connectivity index (χ2n) is 12.3. The number of nitrogens with zero attached hydrogens (tertiary/aromatic N) is 1. The van der Waals surface area contributed by atoms with Crippen LogP contribution in [0.5, 0.6) is 0 Å². The average Bonchev–Trinajstić information content (AvgIpc) is 3.21. The molecule has 0 saturated heterocycles. The van der Waals surface area contributed by atoms with E-state index in [9.17, 15) is 10.2 Å². The molecule has 40 heavy (non-hydrogen) atoms. The van der Waals surface area contributed by atoms with Gasteiger partial charge in [0.2, 0.25) is 0 Å². The van der Waals surface area contributed by atoms with Gasteiger partial charge in [-0.25, -0.2) is 0 Å². The van der Waals surface area contributed by atoms with E-state index in [1.54, 1.807) is 0 Å². The summed E-state index contributed by atoms with van der Waals surface area (Å²) in [4.78, 5) is 4.51. The molecular formula is C36H50IrNO2-. The number of hydrogen-bond donors (Lipinski definition) is 2. The van der Waals surface area contributed by atoms with Crippen molar-refractivity contribution < 1.29 is 30.3 Å². The summed E-state index contributed by atoms with van der Waals surface area (Å²) in [6.07, 6.45) is 12.5. The molecule has 2 aromatic carbocycles. The number of pyridine rings is 1. The molecule has 2 atom stereocenters. The first-order chi connectivity index (χ1) is 18.8. The summed E-state index contributed by atoms with van der Waals surface area (Å²) >= 11 is 0. The largest absolute Gasteiger partial charge is 0.392 e. The van der Waals surface area contributed by atoms with Crippen LogP contribution in [0.1, 0.15) is 97.5 Å². The van der Waals surface area contributed by atoms with Crippen molar-refractivity contribution in [2.24, 2.45) is 22.7 Å². The van der Waals surface area contributed by atoms with Gasteiger partial charge in [-0.05, 0) is 91.7 Å².